The van der Waals surface area contributed by atoms with Gasteiger partial charge < -0.3 is 15.0 Å². The molecule has 1 fully saturated rings. The minimum Gasteiger partial charge on any atom is -0.378 e. The molecule has 3 rings (SSSR count). The molecule has 2 aromatic rings. The van der Waals surface area contributed by atoms with Gasteiger partial charge in [0.1, 0.15) is 0 Å². The fourth-order valence-corrected chi connectivity index (χ4v) is 5.13. The Hall–Kier alpha value is -2.42. The van der Waals surface area contributed by atoms with Crippen LogP contribution in [0.1, 0.15) is 35.3 Å². The van der Waals surface area contributed by atoms with Crippen molar-refractivity contribution in [3.05, 3.63) is 53.1 Å². The normalized spacial score (nSPS) is 14.7. The van der Waals surface area contributed by atoms with Crippen LogP contribution in [0.2, 0.25) is 0 Å². The molecule has 1 aliphatic rings. The summed E-state index contributed by atoms with van der Waals surface area (Å²) in [7, 11) is -3.65. The van der Waals surface area contributed by atoms with Crippen LogP contribution in [-0.2, 0) is 14.8 Å². The number of carbonyl (C=O) groups excluding carboxylic acids is 1. The second-order valence-corrected chi connectivity index (χ2v) is 9.56. The molecule has 0 spiro atoms. The SMILES string of the molecule is CCN(CC)S(=O)(=O)c1ccc(N2CCOCC2)c(NC(=O)c2ccc(C)c(C)c2)c1. The van der Waals surface area contributed by atoms with Crippen LogP contribution in [0.15, 0.2) is 41.3 Å². The Bertz CT molecular complexity index is 1040. The van der Waals surface area contributed by atoms with E-state index in [0.717, 1.165) is 16.8 Å². The van der Waals surface area contributed by atoms with E-state index in [-0.39, 0.29) is 10.8 Å². The molecule has 168 valence electrons. The average Bonchev–Trinajstić information content (AvgIpc) is 2.76. The van der Waals surface area contributed by atoms with E-state index < -0.39 is 10.0 Å². The summed E-state index contributed by atoms with van der Waals surface area (Å²) in [6, 6.07) is 10.5. The number of nitrogens with one attached hydrogen (secondary N) is 1. The number of hydrogen-bond acceptors (Lipinski definition) is 5. The monoisotopic (exact) mass is 445 g/mol. The van der Waals surface area contributed by atoms with Crippen molar-refractivity contribution >= 4 is 27.3 Å². The lowest BCUT2D eigenvalue weighted by Crippen LogP contribution is -2.37. The molecular formula is C23H31N3O4S. The Morgan fingerprint density at radius 3 is 2.32 bits per heavy atom. The highest BCUT2D eigenvalue weighted by Crippen LogP contribution is 2.31. The lowest BCUT2D eigenvalue weighted by molar-refractivity contribution is 0.102. The lowest BCUT2D eigenvalue weighted by Gasteiger charge is -2.31. The fraction of sp³-hybridized carbons (Fsp3) is 0.435. The Labute approximate surface area is 185 Å². The van der Waals surface area contributed by atoms with Crippen LogP contribution in [0.3, 0.4) is 0 Å². The molecule has 7 nitrogen and oxygen atoms in total. The molecule has 0 atom stereocenters. The summed E-state index contributed by atoms with van der Waals surface area (Å²) in [6.07, 6.45) is 0. The number of sulfonamides is 1. The van der Waals surface area contributed by atoms with Crippen LogP contribution in [-0.4, -0.2) is 58.0 Å². The molecule has 0 radical (unpaired) electrons. The summed E-state index contributed by atoms with van der Waals surface area (Å²) < 4.78 is 33.0. The van der Waals surface area contributed by atoms with Crippen LogP contribution in [0.5, 0.6) is 0 Å². The smallest absolute Gasteiger partial charge is 0.255 e. The van der Waals surface area contributed by atoms with Gasteiger partial charge in [-0.3, -0.25) is 4.79 Å². The molecule has 0 aliphatic carbocycles. The molecule has 0 unspecified atom stereocenters. The first kappa shape index (κ1) is 23.2. The molecule has 1 heterocycles. The summed E-state index contributed by atoms with van der Waals surface area (Å²) in [5.74, 6) is -0.269. The highest BCUT2D eigenvalue weighted by Gasteiger charge is 2.25. The van der Waals surface area contributed by atoms with E-state index in [1.54, 1.807) is 24.3 Å². The highest BCUT2D eigenvalue weighted by atomic mass is 32.2. The molecule has 31 heavy (non-hydrogen) atoms. The van der Waals surface area contributed by atoms with Crippen molar-refractivity contribution in [1.29, 1.82) is 0 Å². The van der Waals surface area contributed by atoms with Crippen LogP contribution in [0.25, 0.3) is 0 Å². The third-order valence-electron chi connectivity index (χ3n) is 5.68. The predicted molar refractivity (Wildman–Crippen MR) is 123 cm³/mol. The number of aryl methyl sites for hydroxylation is 2. The summed E-state index contributed by atoms with van der Waals surface area (Å²) >= 11 is 0. The summed E-state index contributed by atoms with van der Waals surface area (Å²) in [4.78, 5) is 15.3. The number of hydrogen-bond donors (Lipinski definition) is 1. The molecule has 1 aliphatic heterocycles. The zero-order valence-corrected chi connectivity index (χ0v) is 19.5. The summed E-state index contributed by atoms with van der Waals surface area (Å²) in [6.45, 7) is 10.9. The highest BCUT2D eigenvalue weighted by molar-refractivity contribution is 7.89. The molecule has 1 amide bonds. The van der Waals surface area contributed by atoms with E-state index in [0.29, 0.717) is 50.6 Å². The van der Waals surface area contributed by atoms with E-state index in [4.69, 9.17) is 4.74 Å². The maximum Gasteiger partial charge on any atom is 0.255 e. The van der Waals surface area contributed by atoms with E-state index >= 15 is 0 Å². The number of morpholine rings is 1. The number of rotatable bonds is 7. The van der Waals surface area contributed by atoms with Crippen molar-refractivity contribution in [2.45, 2.75) is 32.6 Å². The number of benzene rings is 2. The van der Waals surface area contributed by atoms with Gasteiger partial charge in [-0.15, -0.1) is 0 Å². The second kappa shape index (κ2) is 9.80. The molecule has 1 N–H and O–H groups in total. The van der Waals surface area contributed by atoms with E-state index in [1.165, 1.54) is 4.31 Å². The standard InChI is InChI=1S/C23H31N3O4S/c1-5-26(6-2)31(28,29)20-9-10-22(25-11-13-30-14-12-25)21(16-20)24-23(27)19-8-7-17(3)18(4)15-19/h7-10,15-16H,5-6,11-14H2,1-4H3,(H,24,27). The molecule has 8 heteroatoms. The van der Waals surface area contributed by atoms with Gasteiger partial charge in [-0.05, 0) is 55.3 Å². The van der Waals surface area contributed by atoms with Crippen molar-refractivity contribution in [2.24, 2.45) is 0 Å². The van der Waals surface area contributed by atoms with Crippen LogP contribution in [0, 0.1) is 13.8 Å². The third-order valence-corrected chi connectivity index (χ3v) is 7.73. The molecule has 1 saturated heterocycles. The van der Waals surface area contributed by atoms with Gasteiger partial charge in [0, 0.05) is 31.7 Å². The van der Waals surface area contributed by atoms with Crippen molar-refractivity contribution in [3.8, 4) is 0 Å². The largest absolute Gasteiger partial charge is 0.378 e. The predicted octanol–water partition coefficient (Wildman–Crippen LogP) is 3.42. The zero-order chi connectivity index (χ0) is 22.6. The number of carbonyl (C=O) groups is 1. The minimum atomic E-state index is -3.65. The summed E-state index contributed by atoms with van der Waals surface area (Å²) in [5.41, 5.74) is 3.95. The maximum atomic E-state index is 13.1. The first-order valence-electron chi connectivity index (χ1n) is 10.6. The lowest BCUT2D eigenvalue weighted by atomic mass is 10.1. The quantitative estimate of drug-likeness (QED) is 0.707. The minimum absolute atomic E-state index is 0.170. The fourth-order valence-electron chi connectivity index (χ4n) is 3.65. The van der Waals surface area contributed by atoms with Gasteiger partial charge in [0.05, 0.1) is 29.5 Å². The van der Waals surface area contributed by atoms with Gasteiger partial charge in [-0.1, -0.05) is 19.9 Å². The number of amides is 1. The number of ether oxygens (including phenoxy) is 1. The van der Waals surface area contributed by atoms with E-state index in [9.17, 15) is 13.2 Å². The van der Waals surface area contributed by atoms with Gasteiger partial charge in [0.2, 0.25) is 10.0 Å². The van der Waals surface area contributed by atoms with Gasteiger partial charge in [0.25, 0.3) is 5.91 Å². The van der Waals surface area contributed by atoms with Gasteiger partial charge >= 0.3 is 0 Å². The van der Waals surface area contributed by atoms with Gasteiger partial charge in [-0.2, -0.15) is 4.31 Å². The molecule has 0 aromatic heterocycles. The Balaban J connectivity index is 2.01. The molecule has 2 aromatic carbocycles. The number of nitrogens with zero attached hydrogens (tertiary/aromatic N) is 2. The van der Waals surface area contributed by atoms with Crippen LogP contribution < -0.4 is 10.2 Å². The topological polar surface area (TPSA) is 79.0 Å². The van der Waals surface area contributed by atoms with Crippen LogP contribution in [0.4, 0.5) is 11.4 Å². The second-order valence-electron chi connectivity index (χ2n) is 7.62. The third kappa shape index (κ3) is 5.08. The first-order chi connectivity index (χ1) is 14.8. The maximum absolute atomic E-state index is 13.1. The Morgan fingerprint density at radius 1 is 1.03 bits per heavy atom. The van der Waals surface area contributed by atoms with Crippen LogP contribution >= 0.6 is 0 Å². The van der Waals surface area contributed by atoms with E-state index in [1.807, 2.05) is 39.8 Å². The Kier molecular flexibility index (Phi) is 7.35. The zero-order valence-electron chi connectivity index (χ0n) is 18.6. The van der Waals surface area contributed by atoms with Gasteiger partial charge in [-0.25, -0.2) is 8.42 Å². The molecule has 0 saturated carbocycles. The summed E-state index contributed by atoms with van der Waals surface area (Å²) in [5, 5.41) is 2.95. The van der Waals surface area contributed by atoms with Crippen molar-refractivity contribution < 1.29 is 17.9 Å². The Morgan fingerprint density at radius 2 is 1.71 bits per heavy atom. The molecule has 0 bridgehead atoms. The van der Waals surface area contributed by atoms with Crippen molar-refractivity contribution in [1.82, 2.24) is 4.31 Å². The van der Waals surface area contributed by atoms with Crippen molar-refractivity contribution in [2.75, 3.05) is 49.6 Å². The average molecular weight is 446 g/mol. The van der Waals surface area contributed by atoms with E-state index in [2.05, 4.69) is 10.2 Å². The first-order valence-corrected chi connectivity index (χ1v) is 12.1. The molecular weight excluding hydrogens is 414 g/mol. The van der Waals surface area contributed by atoms with Crippen molar-refractivity contribution in [3.63, 3.8) is 0 Å². The van der Waals surface area contributed by atoms with Gasteiger partial charge in [0.15, 0.2) is 0 Å². The number of anilines is 2.